The standard InChI is InChI=1S/C19H25F3N6.HI/c1-23-18(24-9-15-10-25-27(2)11-15)26-17-7-8-28(13-17)12-14-3-5-16(6-4-14)19(20,21)22;/h3-6,10-11,17H,7-9,12-13H2,1-2H3,(H2,23,24,26);1H. The Balaban J connectivity index is 0.00000300. The zero-order valence-corrected chi connectivity index (χ0v) is 18.7. The number of aryl methyl sites for hydroxylation is 1. The monoisotopic (exact) mass is 522 g/mol. The zero-order chi connectivity index (χ0) is 20.1. The molecule has 2 N–H and O–H groups in total. The van der Waals surface area contributed by atoms with Crippen LogP contribution in [0.5, 0.6) is 0 Å². The summed E-state index contributed by atoms with van der Waals surface area (Å²) in [5.41, 5.74) is 1.34. The van der Waals surface area contributed by atoms with Crippen LogP contribution in [0.15, 0.2) is 41.7 Å². The quantitative estimate of drug-likeness (QED) is 0.361. The van der Waals surface area contributed by atoms with Crippen LogP contribution in [0.3, 0.4) is 0 Å². The molecule has 10 heteroatoms. The Labute approximate surface area is 185 Å². The summed E-state index contributed by atoms with van der Waals surface area (Å²) in [5.74, 6) is 0.727. The first kappa shape index (κ1) is 23.5. The summed E-state index contributed by atoms with van der Waals surface area (Å²) in [6.45, 7) is 2.97. The van der Waals surface area contributed by atoms with Crippen molar-refractivity contribution in [2.24, 2.45) is 12.0 Å². The smallest absolute Gasteiger partial charge is 0.352 e. The van der Waals surface area contributed by atoms with Gasteiger partial charge in [-0.25, -0.2) is 0 Å². The summed E-state index contributed by atoms with van der Waals surface area (Å²) in [4.78, 5) is 6.49. The van der Waals surface area contributed by atoms with Crippen LogP contribution in [0.1, 0.15) is 23.1 Å². The number of likely N-dealkylation sites (tertiary alicyclic amines) is 1. The molecule has 160 valence electrons. The molecule has 0 spiro atoms. The number of benzene rings is 1. The van der Waals surface area contributed by atoms with Gasteiger partial charge in [0.25, 0.3) is 0 Å². The first-order chi connectivity index (χ1) is 13.3. The molecule has 1 aromatic heterocycles. The Morgan fingerprint density at radius 2 is 1.97 bits per heavy atom. The van der Waals surface area contributed by atoms with E-state index in [4.69, 9.17) is 0 Å². The fraction of sp³-hybridized carbons (Fsp3) is 0.474. The second-order valence-electron chi connectivity index (χ2n) is 7.01. The average Bonchev–Trinajstić information content (AvgIpc) is 3.27. The first-order valence-corrected chi connectivity index (χ1v) is 9.16. The van der Waals surface area contributed by atoms with Gasteiger partial charge in [0, 0.05) is 58.1 Å². The molecule has 0 amide bonds. The third-order valence-corrected chi connectivity index (χ3v) is 4.74. The van der Waals surface area contributed by atoms with Crippen LogP contribution < -0.4 is 10.6 Å². The topological polar surface area (TPSA) is 57.5 Å². The first-order valence-electron chi connectivity index (χ1n) is 9.16. The Morgan fingerprint density at radius 3 is 2.55 bits per heavy atom. The van der Waals surface area contributed by atoms with Gasteiger partial charge in [0.15, 0.2) is 5.96 Å². The van der Waals surface area contributed by atoms with E-state index in [1.54, 1.807) is 23.9 Å². The Morgan fingerprint density at radius 1 is 1.24 bits per heavy atom. The molecule has 0 aliphatic carbocycles. The van der Waals surface area contributed by atoms with Crippen LogP contribution in [0.4, 0.5) is 13.2 Å². The number of halogens is 4. The largest absolute Gasteiger partial charge is 0.416 e. The van der Waals surface area contributed by atoms with E-state index in [9.17, 15) is 13.2 Å². The van der Waals surface area contributed by atoms with Crippen molar-refractivity contribution in [1.29, 1.82) is 0 Å². The fourth-order valence-electron chi connectivity index (χ4n) is 3.29. The van der Waals surface area contributed by atoms with Gasteiger partial charge in [-0.15, -0.1) is 24.0 Å². The second kappa shape index (κ2) is 10.3. The number of aliphatic imine (C=N–C) groups is 1. The highest BCUT2D eigenvalue weighted by Crippen LogP contribution is 2.29. The van der Waals surface area contributed by atoms with Gasteiger partial charge in [0.2, 0.25) is 0 Å². The lowest BCUT2D eigenvalue weighted by molar-refractivity contribution is -0.137. The molecule has 3 rings (SSSR count). The molecular formula is C19H26F3IN6. The van der Waals surface area contributed by atoms with Crippen LogP contribution in [-0.2, 0) is 26.3 Å². The number of nitrogens with zero attached hydrogens (tertiary/aromatic N) is 4. The maximum absolute atomic E-state index is 12.7. The van der Waals surface area contributed by atoms with Crippen molar-refractivity contribution in [2.45, 2.75) is 31.7 Å². The Bertz CT molecular complexity index is 803. The molecule has 1 saturated heterocycles. The second-order valence-corrected chi connectivity index (χ2v) is 7.01. The lowest BCUT2D eigenvalue weighted by Crippen LogP contribution is -2.44. The van der Waals surface area contributed by atoms with Crippen molar-refractivity contribution in [1.82, 2.24) is 25.3 Å². The van der Waals surface area contributed by atoms with Gasteiger partial charge < -0.3 is 10.6 Å². The van der Waals surface area contributed by atoms with E-state index >= 15 is 0 Å². The van der Waals surface area contributed by atoms with Crippen LogP contribution in [0.25, 0.3) is 0 Å². The van der Waals surface area contributed by atoms with Crippen molar-refractivity contribution in [3.8, 4) is 0 Å². The summed E-state index contributed by atoms with van der Waals surface area (Å²) < 4.78 is 39.7. The lowest BCUT2D eigenvalue weighted by Gasteiger charge is -2.19. The van der Waals surface area contributed by atoms with Crippen LogP contribution >= 0.6 is 24.0 Å². The minimum absolute atomic E-state index is 0. The van der Waals surface area contributed by atoms with E-state index in [0.29, 0.717) is 13.1 Å². The van der Waals surface area contributed by atoms with Gasteiger partial charge in [0.1, 0.15) is 0 Å². The van der Waals surface area contributed by atoms with Gasteiger partial charge >= 0.3 is 6.18 Å². The molecule has 1 unspecified atom stereocenters. The molecule has 6 nitrogen and oxygen atoms in total. The number of hydrogen-bond acceptors (Lipinski definition) is 3. The molecular weight excluding hydrogens is 496 g/mol. The molecule has 2 aromatic rings. The average molecular weight is 522 g/mol. The van der Waals surface area contributed by atoms with E-state index in [0.717, 1.165) is 48.7 Å². The van der Waals surface area contributed by atoms with E-state index in [1.165, 1.54) is 0 Å². The van der Waals surface area contributed by atoms with Gasteiger partial charge in [0.05, 0.1) is 11.8 Å². The molecule has 1 aliphatic rings. The minimum atomic E-state index is -4.29. The normalized spacial score (nSPS) is 17.8. The van der Waals surface area contributed by atoms with E-state index in [-0.39, 0.29) is 30.0 Å². The number of nitrogens with one attached hydrogen (secondary N) is 2. The van der Waals surface area contributed by atoms with Crippen LogP contribution in [-0.4, -0.2) is 46.8 Å². The van der Waals surface area contributed by atoms with Gasteiger partial charge in [-0.2, -0.15) is 18.3 Å². The maximum Gasteiger partial charge on any atom is 0.416 e. The summed E-state index contributed by atoms with van der Waals surface area (Å²) in [6.07, 6.45) is 0.414. The third-order valence-electron chi connectivity index (χ3n) is 4.74. The predicted octanol–water partition coefficient (Wildman–Crippen LogP) is 3.00. The number of guanidine groups is 1. The van der Waals surface area contributed by atoms with Crippen LogP contribution in [0.2, 0.25) is 0 Å². The van der Waals surface area contributed by atoms with Crippen molar-refractivity contribution in [2.75, 3.05) is 20.1 Å². The van der Waals surface area contributed by atoms with Crippen molar-refractivity contribution >= 4 is 29.9 Å². The van der Waals surface area contributed by atoms with E-state index < -0.39 is 11.7 Å². The van der Waals surface area contributed by atoms with Crippen molar-refractivity contribution in [3.63, 3.8) is 0 Å². The van der Waals surface area contributed by atoms with Crippen LogP contribution in [0, 0.1) is 0 Å². The molecule has 0 saturated carbocycles. The summed E-state index contributed by atoms with van der Waals surface area (Å²) >= 11 is 0. The van der Waals surface area contributed by atoms with Gasteiger partial charge in [-0.05, 0) is 24.1 Å². The third kappa shape index (κ3) is 6.88. The molecule has 1 atom stereocenters. The number of hydrogen-bond donors (Lipinski definition) is 2. The van der Waals surface area contributed by atoms with Gasteiger partial charge in [-0.1, -0.05) is 12.1 Å². The predicted molar refractivity (Wildman–Crippen MR) is 117 cm³/mol. The fourth-order valence-corrected chi connectivity index (χ4v) is 3.29. The van der Waals surface area contributed by atoms with E-state index in [1.807, 2.05) is 19.4 Å². The SMILES string of the molecule is CN=C(NCc1cnn(C)c1)NC1CCN(Cc2ccc(C(F)(F)F)cc2)C1.I. The number of rotatable bonds is 5. The number of alkyl halides is 3. The molecule has 2 heterocycles. The zero-order valence-electron chi connectivity index (χ0n) is 16.4. The maximum atomic E-state index is 12.7. The molecule has 1 aromatic carbocycles. The molecule has 1 aliphatic heterocycles. The summed E-state index contributed by atoms with van der Waals surface area (Å²) in [6, 6.07) is 5.64. The summed E-state index contributed by atoms with van der Waals surface area (Å²) in [5, 5.41) is 10.8. The Kier molecular flexibility index (Phi) is 8.32. The molecule has 0 bridgehead atoms. The van der Waals surface area contributed by atoms with E-state index in [2.05, 4.69) is 25.6 Å². The number of aromatic nitrogens is 2. The lowest BCUT2D eigenvalue weighted by atomic mass is 10.1. The van der Waals surface area contributed by atoms with Gasteiger partial charge in [-0.3, -0.25) is 14.6 Å². The molecule has 29 heavy (non-hydrogen) atoms. The molecule has 1 fully saturated rings. The highest BCUT2D eigenvalue weighted by molar-refractivity contribution is 14.0. The minimum Gasteiger partial charge on any atom is -0.352 e. The molecule has 0 radical (unpaired) electrons. The highest BCUT2D eigenvalue weighted by Gasteiger charge is 2.30. The highest BCUT2D eigenvalue weighted by atomic mass is 127. The Hall–Kier alpha value is -1.82. The summed E-state index contributed by atoms with van der Waals surface area (Å²) in [7, 11) is 3.61. The van der Waals surface area contributed by atoms with Crippen molar-refractivity contribution < 1.29 is 13.2 Å². The van der Waals surface area contributed by atoms with Crippen molar-refractivity contribution in [3.05, 3.63) is 53.3 Å².